The molecule has 0 atom stereocenters. The van der Waals surface area contributed by atoms with Gasteiger partial charge in [0.25, 0.3) is 0 Å². The maximum Gasteiger partial charge on any atom is 0.229 e. The summed E-state index contributed by atoms with van der Waals surface area (Å²) in [6.45, 7) is 1.82. The second-order valence-electron chi connectivity index (χ2n) is 3.21. The van der Waals surface area contributed by atoms with Gasteiger partial charge in [0, 0.05) is 24.1 Å². The average molecular weight is 233 g/mol. The Morgan fingerprint density at radius 2 is 2.31 bits per heavy atom. The molecular weight excluding hydrogens is 226 g/mol. The fraction of sp³-hybridized carbons (Fsp3) is 0.111. The number of anilines is 2. The molecule has 16 heavy (non-hydrogen) atoms. The molecule has 80 valence electrons. The molecule has 1 N–H and O–H groups in total. The van der Waals surface area contributed by atoms with Crippen LogP contribution < -0.4 is 5.32 Å². The summed E-state index contributed by atoms with van der Waals surface area (Å²) in [5, 5.41) is 11.0. The van der Waals surface area contributed by atoms with Crippen LogP contribution in [0, 0.1) is 6.92 Å². The summed E-state index contributed by atoms with van der Waals surface area (Å²) in [5.74, 6) is 0.657. The summed E-state index contributed by atoms with van der Waals surface area (Å²) in [5.41, 5.74) is 2.48. The maximum absolute atomic E-state index is 5.38. The summed E-state index contributed by atoms with van der Waals surface area (Å²) in [6.07, 6.45) is 0. The van der Waals surface area contributed by atoms with E-state index in [0.29, 0.717) is 11.0 Å². The molecule has 3 aromatic rings. The summed E-state index contributed by atoms with van der Waals surface area (Å²) < 4.78 is 9.05. The Morgan fingerprint density at radius 1 is 1.38 bits per heavy atom. The molecule has 0 aliphatic rings. The van der Waals surface area contributed by atoms with Crippen LogP contribution in [-0.4, -0.2) is 19.8 Å². The number of aromatic nitrogens is 4. The number of hydrogen-bond acceptors (Lipinski definition) is 7. The smallest absolute Gasteiger partial charge is 0.229 e. The largest absolute Gasteiger partial charge is 0.441 e. The number of oxazole rings is 1. The molecule has 0 aliphatic carbocycles. The third-order valence-electron chi connectivity index (χ3n) is 2.05. The average Bonchev–Trinajstić information content (AvgIpc) is 2.85. The van der Waals surface area contributed by atoms with Gasteiger partial charge < -0.3 is 9.73 Å². The van der Waals surface area contributed by atoms with Crippen molar-refractivity contribution in [3.05, 3.63) is 24.1 Å². The first kappa shape index (κ1) is 9.22. The van der Waals surface area contributed by atoms with Gasteiger partial charge in [-0.25, -0.2) is 4.98 Å². The van der Waals surface area contributed by atoms with Crippen LogP contribution in [0.3, 0.4) is 0 Å². The number of nitrogens with zero attached hydrogens (tertiary/aromatic N) is 4. The quantitative estimate of drug-likeness (QED) is 0.730. The Balaban J connectivity index is 1.98. The van der Waals surface area contributed by atoms with Crippen LogP contribution in [0.4, 0.5) is 10.8 Å². The van der Waals surface area contributed by atoms with Crippen molar-refractivity contribution in [3.63, 3.8) is 0 Å². The SMILES string of the molecule is Cc1nc2cc(Nc3nnns3)ccc2o1. The van der Waals surface area contributed by atoms with Gasteiger partial charge in [-0.1, -0.05) is 9.59 Å². The van der Waals surface area contributed by atoms with E-state index in [1.165, 1.54) is 11.5 Å². The zero-order chi connectivity index (χ0) is 11.0. The predicted octanol–water partition coefficient (Wildman–Crippen LogP) is 2.13. The highest BCUT2D eigenvalue weighted by Crippen LogP contribution is 2.22. The molecule has 2 aromatic heterocycles. The molecule has 1 aromatic carbocycles. The van der Waals surface area contributed by atoms with Crippen LogP contribution in [0.5, 0.6) is 0 Å². The molecule has 0 amide bonds. The van der Waals surface area contributed by atoms with Gasteiger partial charge in [-0.2, -0.15) is 0 Å². The monoisotopic (exact) mass is 233 g/mol. The van der Waals surface area contributed by atoms with Crippen LogP contribution in [0.1, 0.15) is 5.89 Å². The first-order valence-electron chi connectivity index (χ1n) is 4.60. The van der Waals surface area contributed by atoms with Gasteiger partial charge in [0.15, 0.2) is 11.5 Å². The third-order valence-corrected chi connectivity index (χ3v) is 2.56. The molecule has 2 heterocycles. The lowest BCUT2D eigenvalue weighted by Crippen LogP contribution is -1.88. The van der Waals surface area contributed by atoms with E-state index < -0.39 is 0 Å². The standard InChI is InChI=1S/C9H7N5OS/c1-5-10-7-4-6(2-3-8(7)15-5)11-9-12-13-14-16-9/h2-4H,1H3,(H,11,12,14). The summed E-state index contributed by atoms with van der Waals surface area (Å²) in [7, 11) is 0. The van der Waals surface area contributed by atoms with Crippen LogP contribution in [0.15, 0.2) is 22.6 Å². The van der Waals surface area contributed by atoms with Crippen molar-refractivity contribution in [2.45, 2.75) is 6.92 Å². The van der Waals surface area contributed by atoms with Crippen LogP contribution in [0.25, 0.3) is 11.1 Å². The molecule has 0 aliphatic heterocycles. The minimum Gasteiger partial charge on any atom is -0.441 e. The topological polar surface area (TPSA) is 76.7 Å². The molecule has 3 rings (SSSR count). The highest BCUT2D eigenvalue weighted by atomic mass is 32.1. The van der Waals surface area contributed by atoms with Crippen molar-refractivity contribution in [1.82, 2.24) is 19.8 Å². The van der Waals surface area contributed by atoms with Crippen LogP contribution in [-0.2, 0) is 0 Å². The normalized spacial score (nSPS) is 10.8. The lowest BCUT2D eigenvalue weighted by atomic mass is 10.3. The van der Waals surface area contributed by atoms with E-state index in [1.807, 2.05) is 25.1 Å². The molecule has 0 radical (unpaired) electrons. The second kappa shape index (κ2) is 3.53. The Kier molecular flexibility index (Phi) is 2.03. The molecule has 0 spiro atoms. The highest BCUT2D eigenvalue weighted by molar-refractivity contribution is 7.09. The summed E-state index contributed by atoms with van der Waals surface area (Å²) >= 11 is 1.20. The van der Waals surface area contributed by atoms with Gasteiger partial charge in [-0.05, 0) is 23.4 Å². The van der Waals surface area contributed by atoms with Gasteiger partial charge in [-0.3, -0.25) is 0 Å². The van der Waals surface area contributed by atoms with Crippen molar-refractivity contribution in [2.24, 2.45) is 0 Å². The fourth-order valence-corrected chi connectivity index (χ4v) is 1.81. The van der Waals surface area contributed by atoms with Crippen LogP contribution >= 0.6 is 11.5 Å². The Morgan fingerprint density at radius 3 is 3.12 bits per heavy atom. The molecule has 6 nitrogen and oxygen atoms in total. The minimum atomic E-state index is 0.652. The van der Waals surface area contributed by atoms with Crippen LogP contribution in [0.2, 0.25) is 0 Å². The number of fused-ring (bicyclic) bond motifs is 1. The first-order chi connectivity index (χ1) is 7.81. The molecule has 0 bridgehead atoms. The van der Waals surface area contributed by atoms with Gasteiger partial charge in [0.05, 0.1) is 0 Å². The lowest BCUT2D eigenvalue weighted by Gasteiger charge is -1.99. The number of nitrogens with one attached hydrogen (secondary N) is 1. The van der Waals surface area contributed by atoms with E-state index in [4.69, 9.17) is 4.42 Å². The summed E-state index contributed by atoms with van der Waals surface area (Å²) in [6, 6.07) is 5.66. The van der Waals surface area contributed by atoms with Crippen molar-refractivity contribution >= 4 is 33.5 Å². The number of rotatable bonds is 2. The van der Waals surface area contributed by atoms with Gasteiger partial charge in [0.1, 0.15) is 5.52 Å². The van der Waals surface area contributed by atoms with E-state index in [9.17, 15) is 0 Å². The first-order valence-corrected chi connectivity index (χ1v) is 5.38. The van der Waals surface area contributed by atoms with Crippen molar-refractivity contribution in [1.29, 1.82) is 0 Å². The van der Waals surface area contributed by atoms with Gasteiger partial charge in [-0.15, -0.1) is 0 Å². The second-order valence-corrected chi connectivity index (χ2v) is 3.94. The molecule has 0 saturated heterocycles. The lowest BCUT2D eigenvalue weighted by molar-refractivity contribution is 0.561. The minimum absolute atomic E-state index is 0.652. The number of benzene rings is 1. The number of aryl methyl sites for hydroxylation is 1. The molecule has 7 heteroatoms. The Bertz CT molecular complexity index is 618. The van der Waals surface area contributed by atoms with E-state index in [1.54, 1.807) is 0 Å². The molecule has 0 saturated carbocycles. The van der Waals surface area contributed by atoms with E-state index in [2.05, 4.69) is 25.1 Å². The predicted molar refractivity (Wildman–Crippen MR) is 59.7 cm³/mol. The van der Waals surface area contributed by atoms with Crippen molar-refractivity contribution < 1.29 is 4.42 Å². The zero-order valence-electron chi connectivity index (χ0n) is 8.34. The van der Waals surface area contributed by atoms with Gasteiger partial charge in [0.2, 0.25) is 5.13 Å². The van der Waals surface area contributed by atoms with Gasteiger partial charge >= 0.3 is 0 Å². The van der Waals surface area contributed by atoms with E-state index in [-0.39, 0.29) is 0 Å². The third kappa shape index (κ3) is 1.61. The van der Waals surface area contributed by atoms with E-state index >= 15 is 0 Å². The maximum atomic E-state index is 5.38. The molecular formula is C9H7N5OS. The van der Waals surface area contributed by atoms with E-state index in [0.717, 1.165) is 16.8 Å². The van der Waals surface area contributed by atoms with Crippen molar-refractivity contribution in [3.8, 4) is 0 Å². The molecule has 0 fully saturated rings. The zero-order valence-corrected chi connectivity index (χ0v) is 9.15. The number of hydrogen-bond donors (Lipinski definition) is 1. The summed E-state index contributed by atoms with van der Waals surface area (Å²) in [4.78, 5) is 4.25. The van der Waals surface area contributed by atoms with Crippen molar-refractivity contribution in [2.75, 3.05) is 5.32 Å². The molecule has 0 unspecified atom stereocenters. The fourth-order valence-electron chi connectivity index (χ4n) is 1.43. The Hall–Kier alpha value is -2.02. The Labute approximate surface area is 94.5 Å². The highest BCUT2D eigenvalue weighted by Gasteiger charge is 2.04.